The zero-order valence-corrected chi connectivity index (χ0v) is 21.2. The molecule has 0 aliphatic carbocycles. The van der Waals surface area contributed by atoms with E-state index in [4.69, 9.17) is 9.84 Å². The molecule has 0 saturated carbocycles. The number of ether oxygens (including phenoxy) is 1. The van der Waals surface area contributed by atoms with Gasteiger partial charge < -0.3 is 14.7 Å². The molecule has 6 nitrogen and oxygen atoms in total. The molecule has 1 atom stereocenters. The summed E-state index contributed by atoms with van der Waals surface area (Å²) >= 11 is 1.37. The third kappa shape index (κ3) is 5.75. The van der Waals surface area contributed by atoms with Crippen molar-refractivity contribution in [1.82, 2.24) is 0 Å². The number of carbonyl (C=O) groups is 1. The SMILES string of the molecule is CCCC[C@@]1(CC)CN(c2ccc(F)cc2)c2cc(SC)c(O/C=C/C(=O)O)cc2S(=O)(=O)C1. The van der Waals surface area contributed by atoms with Crippen LogP contribution in [0.2, 0.25) is 0 Å². The van der Waals surface area contributed by atoms with E-state index >= 15 is 0 Å². The largest absolute Gasteiger partial charge is 0.478 e. The minimum Gasteiger partial charge on any atom is -0.478 e. The van der Waals surface area contributed by atoms with Crippen LogP contribution in [0.1, 0.15) is 39.5 Å². The predicted molar refractivity (Wildman–Crippen MR) is 133 cm³/mol. The Bertz CT molecular complexity index is 1160. The Labute approximate surface area is 204 Å². The Kier molecular flexibility index (Phi) is 8.30. The second-order valence-electron chi connectivity index (χ2n) is 8.51. The number of aliphatic carboxylic acids is 1. The number of hydrogen-bond donors (Lipinski definition) is 1. The number of nitrogens with zero attached hydrogens (tertiary/aromatic N) is 1. The summed E-state index contributed by atoms with van der Waals surface area (Å²) < 4.78 is 46.7. The van der Waals surface area contributed by atoms with Crippen molar-refractivity contribution >= 4 is 38.9 Å². The molecule has 0 aromatic heterocycles. The van der Waals surface area contributed by atoms with E-state index in [1.807, 2.05) is 18.1 Å². The van der Waals surface area contributed by atoms with E-state index in [9.17, 15) is 17.6 Å². The van der Waals surface area contributed by atoms with E-state index in [0.717, 1.165) is 31.6 Å². The Balaban J connectivity index is 2.24. The quantitative estimate of drug-likeness (QED) is 0.252. The van der Waals surface area contributed by atoms with Crippen molar-refractivity contribution in [3.05, 3.63) is 54.6 Å². The summed E-state index contributed by atoms with van der Waals surface area (Å²) in [5, 5.41) is 8.86. The van der Waals surface area contributed by atoms with Gasteiger partial charge in [0.1, 0.15) is 11.6 Å². The maximum Gasteiger partial charge on any atom is 0.331 e. The number of rotatable bonds is 9. The molecule has 0 saturated heterocycles. The molecule has 3 rings (SSSR count). The van der Waals surface area contributed by atoms with Gasteiger partial charge >= 0.3 is 5.97 Å². The van der Waals surface area contributed by atoms with Crippen LogP contribution in [0.25, 0.3) is 0 Å². The second kappa shape index (κ2) is 10.8. The predicted octanol–water partition coefficient (Wildman–Crippen LogP) is 6.04. The minimum atomic E-state index is -3.71. The van der Waals surface area contributed by atoms with Crippen molar-refractivity contribution in [2.24, 2.45) is 5.41 Å². The molecule has 1 aliphatic heterocycles. The normalized spacial score (nSPS) is 19.6. The summed E-state index contributed by atoms with van der Waals surface area (Å²) in [6.07, 6.45) is 7.01. The van der Waals surface area contributed by atoms with Gasteiger partial charge in [-0.3, -0.25) is 0 Å². The van der Waals surface area contributed by atoms with Gasteiger partial charge in [-0.2, -0.15) is 0 Å². The first-order valence-electron chi connectivity index (χ1n) is 11.2. The molecule has 9 heteroatoms. The maximum absolute atomic E-state index is 13.7. The lowest BCUT2D eigenvalue weighted by atomic mass is 9.81. The molecule has 1 N–H and O–H groups in total. The number of anilines is 2. The first-order valence-corrected chi connectivity index (χ1v) is 14.1. The van der Waals surface area contributed by atoms with E-state index in [1.165, 1.54) is 30.0 Å². The summed E-state index contributed by atoms with van der Waals surface area (Å²) in [4.78, 5) is 13.6. The van der Waals surface area contributed by atoms with Crippen LogP contribution in [0.15, 0.2) is 58.5 Å². The van der Waals surface area contributed by atoms with Crippen LogP contribution in [-0.2, 0) is 14.6 Å². The van der Waals surface area contributed by atoms with Crippen LogP contribution in [0.4, 0.5) is 15.8 Å². The van der Waals surface area contributed by atoms with E-state index in [1.54, 1.807) is 18.2 Å². The van der Waals surface area contributed by atoms with Gasteiger partial charge in [0.2, 0.25) is 0 Å². The van der Waals surface area contributed by atoms with Crippen molar-refractivity contribution in [2.45, 2.75) is 49.3 Å². The highest BCUT2D eigenvalue weighted by molar-refractivity contribution is 7.98. The standard InChI is InChI=1S/C25H30FNO5S2/c1-4-6-12-25(5-2)16-27(19-9-7-18(26)8-10-19)20-14-22(33-3)21(32-13-11-24(28)29)15-23(20)34(30,31)17-25/h7-11,13-15H,4-6,12,16-17H2,1-3H3,(H,28,29)/b13-11+/t25-/m0/s1. The first kappa shape index (κ1) is 26.1. The Morgan fingerprint density at radius 1 is 1.26 bits per heavy atom. The molecule has 1 heterocycles. The lowest BCUT2D eigenvalue weighted by Crippen LogP contribution is -2.37. The number of benzene rings is 2. The molecule has 0 radical (unpaired) electrons. The van der Waals surface area contributed by atoms with Crippen LogP contribution in [-0.4, -0.2) is 38.0 Å². The Morgan fingerprint density at radius 2 is 1.97 bits per heavy atom. The van der Waals surface area contributed by atoms with Gasteiger partial charge in [0.05, 0.1) is 33.6 Å². The number of unbranched alkanes of at least 4 members (excludes halogenated alkanes) is 1. The lowest BCUT2D eigenvalue weighted by Gasteiger charge is -2.36. The summed E-state index contributed by atoms with van der Waals surface area (Å²) in [5.74, 6) is -1.27. The average Bonchev–Trinajstić information content (AvgIpc) is 2.90. The highest BCUT2D eigenvalue weighted by Crippen LogP contribution is 2.47. The van der Waals surface area contributed by atoms with Gasteiger partial charge in [0.15, 0.2) is 9.84 Å². The molecule has 2 aromatic rings. The smallest absolute Gasteiger partial charge is 0.331 e. The highest BCUT2D eigenvalue weighted by atomic mass is 32.2. The summed E-state index contributed by atoms with van der Waals surface area (Å²) in [5.41, 5.74) is 0.740. The van der Waals surface area contributed by atoms with Crippen molar-refractivity contribution in [3.63, 3.8) is 0 Å². The zero-order valence-electron chi connectivity index (χ0n) is 19.6. The van der Waals surface area contributed by atoms with Gasteiger partial charge in [0, 0.05) is 23.7 Å². The zero-order chi connectivity index (χ0) is 24.9. The van der Waals surface area contributed by atoms with E-state index < -0.39 is 21.2 Å². The number of carboxylic acids is 1. The lowest BCUT2D eigenvalue weighted by molar-refractivity contribution is -0.131. The Hall–Kier alpha value is -2.52. The van der Waals surface area contributed by atoms with E-state index in [2.05, 4.69) is 6.92 Å². The molecule has 0 bridgehead atoms. The number of halogens is 1. The van der Waals surface area contributed by atoms with Crippen LogP contribution < -0.4 is 9.64 Å². The molecule has 0 amide bonds. The second-order valence-corrected chi connectivity index (χ2v) is 11.3. The monoisotopic (exact) mass is 507 g/mol. The average molecular weight is 508 g/mol. The van der Waals surface area contributed by atoms with E-state index in [0.29, 0.717) is 29.2 Å². The summed E-state index contributed by atoms with van der Waals surface area (Å²) in [6, 6.07) is 9.31. The Morgan fingerprint density at radius 3 is 2.56 bits per heavy atom. The highest BCUT2D eigenvalue weighted by Gasteiger charge is 2.42. The van der Waals surface area contributed by atoms with E-state index in [-0.39, 0.29) is 22.2 Å². The molecule has 34 heavy (non-hydrogen) atoms. The molecule has 0 spiro atoms. The number of thioether (sulfide) groups is 1. The third-order valence-electron chi connectivity index (χ3n) is 6.22. The van der Waals surface area contributed by atoms with Crippen LogP contribution in [0.5, 0.6) is 5.75 Å². The van der Waals surface area contributed by atoms with Gasteiger partial charge in [-0.05, 0) is 49.4 Å². The molecular weight excluding hydrogens is 477 g/mol. The maximum atomic E-state index is 13.7. The van der Waals surface area contributed by atoms with Crippen molar-refractivity contribution in [1.29, 1.82) is 0 Å². The van der Waals surface area contributed by atoms with Gasteiger partial charge in [-0.15, -0.1) is 11.8 Å². The summed E-state index contributed by atoms with van der Waals surface area (Å²) in [6.45, 7) is 4.58. The summed E-state index contributed by atoms with van der Waals surface area (Å²) in [7, 11) is -3.71. The molecule has 184 valence electrons. The van der Waals surface area contributed by atoms with Crippen molar-refractivity contribution in [2.75, 3.05) is 23.5 Å². The number of carboxylic acid groups (broad SMARTS) is 1. The third-order valence-corrected chi connectivity index (χ3v) is 8.96. The topological polar surface area (TPSA) is 83.9 Å². The minimum absolute atomic E-state index is 0.00971. The van der Waals surface area contributed by atoms with Crippen LogP contribution in [0.3, 0.4) is 0 Å². The fourth-order valence-corrected chi connectivity index (χ4v) is 7.01. The molecule has 2 aromatic carbocycles. The molecule has 1 aliphatic rings. The van der Waals surface area contributed by atoms with Gasteiger partial charge in [-0.1, -0.05) is 26.7 Å². The van der Waals surface area contributed by atoms with Crippen molar-refractivity contribution in [3.8, 4) is 5.75 Å². The fourth-order valence-electron chi connectivity index (χ4n) is 4.30. The number of hydrogen-bond acceptors (Lipinski definition) is 6. The first-order chi connectivity index (χ1) is 16.1. The van der Waals surface area contributed by atoms with Gasteiger partial charge in [0.25, 0.3) is 0 Å². The fraction of sp³-hybridized carbons (Fsp3) is 0.400. The molecule has 0 fully saturated rings. The molecular formula is C25H30FNO5S2. The van der Waals surface area contributed by atoms with Crippen LogP contribution in [0, 0.1) is 11.2 Å². The molecule has 0 unspecified atom stereocenters. The number of fused-ring (bicyclic) bond motifs is 1. The van der Waals surface area contributed by atoms with Crippen LogP contribution >= 0.6 is 11.8 Å². The van der Waals surface area contributed by atoms with Crippen molar-refractivity contribution < 1.29 is 27.4 Å². The number of sulfone groups is 1. The van der Waals surface area contributed by atoms with Gasteiger partial charge in [-0.25, -0.2) is 17.6 Å².